The van der Waals surface area contributed by atoms with E-state index in [1.54, 1.807) is 32.4 Å². The number of H-pyrrole nitrogens is 1. The zero-order valence-corrected chi connectivity index (χ0v) is 15.3. The summed E-state index contributed by atoms with van der Waals surface area (Å²) in [5, 5.41) is 17.4. The molecule has 0 spiro atoms. The number of nitrogens with zero attached hydrogens (tertiary/aromatic N) is 2. The SMILES string of the molecule is COc1ccc(-c2cc(C(=O)O)c3c(-c4cccc(OC)c4)[nH]nc3n2)cc1. The number of hydrogen-bond donors (Lipinski definition) is 2. The van der Waals surface area contributed by atoms with Crippen LogP contribution in [0.25, 0.3) is 33.5 Å². The number of carboxylic acids is 1. The highest BCUT2D eigenvalue weighted by Crippen LogP contribution is 2.33. The molecule has 0 aliphatic carbocycles. The molecule has 0 bridgehead atoms. The van der Waals surface area contributed by atoms with Crippen LogP contribution < -0.4 is 9.47 Å². The van der Waals surface area contributed by atoms with Crippen molar-refractivity contribution in [3.8, 4) is 34.0 Å². The maximum Gasteiger partial charge on any atom is 0.336 e. The highest BCUT2D eigenvalue weighted by molar-refractivity contribution is 6.08. The minimum atomic E-state index is -1.05. The van der Waals surface area contributed by atoms with Gasteiger partial charge in [0.1, 0.15) is 11.5 Å². The molecule has 0 aliphatic heterocycles. The van der Waals surface area contributed by atoms with Gasteiger partial charge >= 0.3 is 5.97 Å². The third-order valence-electron chi connectivity index (χ3n) is 4.50. The van der Waals surface area contributed by atoms with E-state index in [0.29, 0.717) is 33.9 Å². The number of pyridine rings is 1. The number of aromatic nitrogens is 3. The van der Waals surface area contributed by atoms with Gasteiger partial charge in [-0.3, -0.25) is 5.10 Å². The maximum atomic E-state index is 12.0. The fourth-order valence-corrected chi connectivity index (χ4v) is 3.09. The van der Waals surface area contributed by atoms with Gasteiger partial charge in [0.25, 0.3) is 0 Å². The van der Waals surface area contributed by atoms with Gasteiger partial charge in [-0.1, -0.05) is 12.1 Å². The summed E-state index contributed by atoms with van der Waals surface area (Å²) in [6.07, 6.45) is 0. The third kappa shape index (κ3) is 3.03. The Morgan fingerprint density at radius 1 is 0.964 bits per heavy atom. The minimum Gasteiger partial charge on any atom is -0.497 e. The first-order chi connectivity index (χ1) is 13.6. The average molecular weight is 375 g/mol. The predicted octanol–water partition coefficient (Wildman–Crippen LogP) is 4.01. The minimum absolute atomic E-state index is 0.127. The second-order valence-electron chi connectivity index (χ2n) is 6.12. The number of nitrogens with one attached hydrogen (secondary N) is 1. The highest BCUT2D eigenvalue weighted by atomic mass is 16.5. The van der Waals surface area contributed by atoms with Gasteiger partial charge in [0.15, 0.2) is 5.65 Å². The summed E-state index contributed by atoms with van der Waals surface area (Å²) in [7, 11) is 3.17. The van der Waals surface area contributed by atoms with E-state index in [-0.39, 0.29) is 5.56 Å². The van der Waals surface area contributed by atoms with Gasteiger partial charge in [0, 0.05) is 11.1 Å². The first-order valence-electron chi connectivity index (χ1n) is 8.52. The maximum absolute atomic E-state index is 12.0. The zero-order chi connectivity index (χ0) is 19.7. The van der Waals surface area contributed by atoms with Crippen LogP contribution in [0.5, 0.6) is 11.5 Å². The van der Waals surface area contributed by atoms with Gasteiger partial charge < -0.3 is 14.6 Å². The largest absolute Gasteiger partial charge is 0.497 e. The first kappa shape index (κ1) is 17.5. The van der Waals surface area contributed by atoms with E-state index >= 15 is 0 Å². The molecule has 7 heteroatoms. The lowest BCUT2D eigenvalue weighted by atomic mass is 10.0. The summed E-state index contributed by atoms with van der Waals surface area (Å²) >= 11 is 0. The van der Waals surface area contributed by atoms with Gasteiger partial charge in [-0.05, 0) is 42.5 Å². The lowest BCUT2D eigenvalue weighted by molar-refractivity contribution is 0.0699. The van der Waals surface area contributed by atoms with E-state index in [9.17, 15) is 9.90 Å². The molecule has 140 valence electrons. The molecule has 0 radical (unpaired) electrons. The summed E-state index contributed by atoms with van der Waals surface area (Å²) in [5.74, 6) is 0.330. The van der Waals surface area contributed by atoms with E-state index in [4.69, 9.17) is 9.47 Å². The Balaban J connectivity index is 1.90. The fraction of sp³-hybridized carbons (Fsp3) is 0.0952. The Hall–Kier alpha value is -3.87. The summed E-state index contributed by atoms with van der Waals surface area (Å²) in [5.41, 5.74) is 3.11. The van der Waals surface area contributed by atoms with Crippen molar-refractivity contribution in [2.75, 3.05) is 14.2 Å². The van der Waals surface area contributed by atoms with E-state index in [2.05, 4.69) is 15.2 Å². The molecule has 0 unspecified atom stereocenters. The van der Waals surface area contributed by atoms with Gasteiger partial charge in [0.05, 0.1) is 36.6 Å². The number of aromatic amines is 1. The van der Waals surface area contributed by atoms with Crippen LogP contribution in [-0.4, -0.2) is 40.5 Å². The van der Waals surface area contributed by atoms with Crippen LogP contribution in [-0.2, 0) is 0 Å². The van der Waals surface area contributed by atoms with Crippen LogP contribution in [0.15, 0.2) is 54.6 Å². The standard InChI is InChI=1S/C21H17N3O4/c1-27-14-8-6-12(7-9-14)17-11-16(21(25)26)18-19(23-24-20(18)22-17)13-4-3-5-15(10-13)28-2/h3-11H,1-2H3,(H,25,26)(H,22,23,24). The van der Waals surface area contributed by atoms with E-state index < -0.39 is 5.97 Å². The number of benzene rings is 2. The molecule has 0 atom stereocenters. The Bertz CT molecular complexity index is 1170. The Morgan fingerprint density at radius 2 is 1.71 bits per heavy atom. The van der Waals surface area contributed by atoms with Gasteiger partial charge in [0.2, 0.25) is 0 Å². The van der Waals surface area contributed by atoms with Crippen molar-refractivity contribution in [2.45, 2.75) is 0 Å². The summed E-state index contributed by atoms with van der Waals surface area (Å²) in [6, 6.07) is 16.1. The first-order valence-corrected chi connectivity index (χ1v) is 8.52. The van der Waals surface area contributed by atoms with Crippen LogP contribution in [0.1, 0.15) is 10.4 Å². The molecular weight excluding hydrogens is 358 g/mol. The van der Waals surface area contributed by atoms with Crippen molar-refractivity contribution in [2.24, 2.45) is 0 Å². The van der Waals surface area contributed by atoms with Crippen LogP contribution in [0, 0.1) is 0 Å². The number of rotatable bonds is 5. The predicted molar refractivity (Wildman–Crippen MR) is 105 cm³/mol. The second-order valence-corrected chi connectivity index (χ2v) is 6.12. The van der Waals surface area contributed by atoms with Crippen LogP contribution in [0.3, 0.4) is 0 Å². The molecule has 28 heavy (non-hydrogen) atoms. The zero-order valence-electron chi connectivity index (χ0n) is 15.3. The molecule has 0 saturated carbocycles. The van der Waals surface area contributed by atoms with Crippen molar-refractivity contribution < 1.29 is 19.4 Å². The number of carboxylic acid groups (broad SMARTS) is 1. The van der Waals surface area contributed by atoms with Crippen LogP contribution in [0.4, 0.5) is 0 Å². The van der Waals surface area contributed by atoms with Crippen molar-refractivity contribution in [1.82, 2.24) is 15.2 Å². The van der Waals surface area contributed by atoms with Crippen LogP contribution >= 0.6 is 0 Å². The Kier molecular flexibility index (Phi) is 4.41. The van der Waals surface area contributed by atoms with Gasteiger partial charge in [-0.25, -0.2) is 9.78 Å². The molecule has 0 amide bonds. The molecular formula is C21H17N3O4. The molecule has 2 aromatic heterocycles. The van der Waals surface area contributed by atoms with Crippen molar-refractivity contribution >= 4 is 17.0 Å². The quantitative estimate of drug-likeness (QED) is 0.547. The third-order valence-corrected chi connectivity index (χ3v) is 4.50. The van der Waals surface area contributed by atoms with E-state index in [0.717, 1.165) is 11.1 Å². The van der Waals surface area contributed by atoms with Gasteiger partial charge in [-0.2, -0.15) is 5.10 Å². The lowest BCUT2D eigenvalue weighted by Gasteiger charge is -2.07. The average Bonchev–Trinajstić information content (AvgIpc) is 3.17. The molecule has 4 aromatic rings. The number of ether oxygens (including phenoxy) is 2. The topological polar surface area (TPSA) is 97.3 Å². The van der Waals surface area contributed by atoms with Gasteiger partial charge in [-0.15, -0.1) is 0 Å². The molecule has 2 N–H and O–H groups in total. The number of aromatic carboxylic acids is 1. The molecule has 2 aromatic carbocycles. The monoisotopic (exact) mass is 375 g/mol. The van der Waals surface area contributed by atoms with Crippen molar-refractivity contribution in [3.63, 3.8) is 0 Å². The molecule has 4 rings (SSSR count). The molecule has 0 saturated heterocycles. The molecule has 7 nitrogen and oxygen atoms in total. The number of carbonyl (C=O) groups is 1. The summed E-state index contributed by atoms with van der Waals surface area (Å²) in [6.45, 7) is 0. The fourth-order valence-electron chi connectivity index (χ4n) is 3.09. The van der Waals surface area contributed by atoms with Crippen molar-refractivity contribution in [1.29, 1.82) is 0 Å². The highest BCUT2D eigenvalue weighted by Gasteiger charge is 2.20. The van der Waals surface area contributed by atoms with Crippen molar-refractivity contribution in [3.05, 3.63) is 60.2 Å². The number of hydrogen-bond acceptors (Lipinski definition) is 5. The molecule has 2 heterocycles. The van der Waals surface area contributed by atoms with E-state index in [1.165, 1.54) is 0 Å². The normalized spacial score (nSPS) is 10.8. The van der Waals surface area contributed by atoms with E-state index in [1.807, 2.05) is 36.4 Å². The lowest BCUT2D eigenvalue weighted by Crippen LogP contribution is -2.00. The summed E-state index contributed by atoms with van der Waals surface area (Å²) < 4.78 is 10.4. The Labute approximate surface area is 160 Å². The number of fused-ring (bicyclic) bond motifs is 1. The molecule has 0 aliphatic rings. The molecule has 0 fully saturated rings. The van der Waals surface area contributed by atoms with Crippen LogP contribution in [0.2, 0.25) is 0 Å². The number of methoxy groups -OCH3 is 2. The smallest absolute Gasteiger partial charge is 0.336 e. The summed E-state index contributed by atoms with van der Waals surface area (Å²) in [4.78, 5) is 16.5. The Morgan fingerprint density at radius 3 is 2.39 bits per heavy atom. The second kappa shape index (κ2) is 7.03.